The topological polar surface area (TPSA) is 83.6 Å². The lowest BCUT2D eigenvalue weighted by Gasteiger charge is -2.24. The molecule has 1 aliphatic rings. The van der Waals surface area contributed by atoms with Gasteiger partial charge in [-0.2, -0.15) is 0 Å². The summed E-state index contributed by atoms with van der Waals surface area (Å²) in [7, 11) is 0. The van der Waals surface area contributed by atoms with Crippen molar-refractivity contribution in [2.75, 3.05) is 11.4 Å². The molecule has 1 N–H and O–H groups in total. The summed E-state index contributed by atoms with van der Waals surface area (Å²) >= 11 is 0. The summed E-state index contributed by atoms with van der Waals surface area (Å²) in [6, 6.07) is 12.3. The van der Waals surface area contributed by atoms with Crippen LogP contribution in [0, 0.1) is 0 Å². The van der Waals surface area contributed by atoms with Crippen molar-refractivity contribution in [1.82, 2.24) is 5.32 Å². The van der Waals surface area contributed by atoms with E-state index in [0.717, 1.165) is 11.3 Å². The van der Waals surface area contributed by atoms with Gasteiger partial charge < -0.3 is 5.32 Å². The first-order valence-corrected chi connectivity index (χ1v) is 9.22. The fourth-order valence-electron chi connectivity index (χ4n) is 3.26. The lowest BCUT2D eigenvalue weighted by Crippen LogP contribution is -2.47. The van der Waals surface area contributed by atoms with Crippen molar-refractivity contribution in [3.8, 4) is 0 Å². The fraction of sp³-hybridized carbons (Fsp3) is 0.273. The molecule has 2 amide bonds. The van der Waals surface area contributed by atoms with Crippen LogP contribution >= 0.6 is 0 Å². The standard InChI is InChI=1S/C22H22N2O4/c1-14(25)16-6-3-8-18(12-16)21(27)24(22(28)20-10-5-11-23-20)19-9-4-7-17(13-19)15(2)26/h3-4,6-9,12-13,20,23H,5,10-11H2,1-2H3/t20-/m0/s1. The molecule has 144 valence electrons. The van der Waals surface area contributed by atoms with Gasteiger partial charge in [0, 0.05) is 16.7 Å². The average molecular weight is 378 g/mol. The van der Waals surface area contributed by atoms with Gasteiger partial charge in [-0.1, -0.05) is 24.3 Å². The molecule has 1 aliphatic heterocycles. The van der Waals surface area contributed by atoms with Crippen LogP contribution in [-0.2, 0) is 4.79 Å². The van der Waals surface area contributed by atoms with Gasteiger partial charge in [-0.15, -0.1) is 0 Å². The number of nitrogens with one attached hydrogen (secondary N) is 1. The number of Topliss-reactive ketones (excluding diaryl/α,β-unsaturated/α-hetero) is 2. The van der Waals surface area contributed by atoms with Crippen LogP contribution in [0.15, 0.2) is 48.5 Å². The number of rotatable bonds is 5. The Balaban J connectivity index is 2.05. The highest BCUT2D eigenvalue weighted by atomic mass is 16.2. The van der Waals surface area contributed by atoms with Crippen molar-refractivity contribution in [3.05, 3.63) is 65.2 Å². The first-order chi connectivity index (χ1) is 13.4. The molecule has 0 saturated carbocycles. The molecule has 6 heteroatoms. The molecule has 0 aliphatic carbocycles. The summed E-state index contributed by atoms with van der Waals surface area (Å²) in [4.78, 5) is 51.0. The Labute approximate surface area is 163 Å². The van der Waals surface area contributed by atoms with E-state index in [1.54, 1.807) is 42.5 Å². The molecule has 0 spiro atoms. The van der Waals surface area contributed by atoms with Crippen LogP contribution in [0.5, 0.6) is 0 Å². The molecular weight excluding hydrogens is 356 g/mol. The highest BCUT2D eigenvalue weighted by Gasteiger charge is 2.32. The molecule has 6 nitrogen and oxygen atoms in total. The van der Waals surface area contributed by atoms with Crippen LogP contribution in [0.2, 0.25) is 0 Å². The third kappa shape index (κ3) is 4.07. The normalized spacial score (nSPS) is 15.9. The lowest BCUT2D eigenvalue weighted by molar-refractivity contribution is -0.119. The molecule has 1 heterocycles. The van der Waals surface area contributed by atoms with Gasteiger partial charge in [-0.25, -0.2) is 4.90 Å². The van der Waals surface area contributed by atoms with Gasteiger partial charge in [-0.3, -0.25) is 19.2 Å². The second-order valence-electron chi connectivity index (χ2n) is 6.87. The van der Waals surface area contributed by atoms with Crippen molar-refractivity contribution in [2.24, 2.45) is 0 Å². The van der Waals surface area contributed by atoms with E-state index in [2.05, 4.69) is 5.32 Å². The van der Waals surface area contributed by atoms with Crippen molar-refractivity contribution in [3.63, 3.8) is 0 Å². The number of carbonyl (C=O) groups is 4. The summed E-state index contributed by atoms with van der Waals surface area (Å²) in [5.74, 6) is -1.21. The molecule has 0 aromatic heterocycles. The number of nitrogens with zero attached hydrogens (tertiary/aromatic N) is 1. The van der Waals surface area contributed by atoms with Crippen molar-refractivity contribution in [2.45, 2.75) is 32.7 Å². The molecule has 0 unspecified atom stereocenters. The Morgan fingerprint density at radius 3 is 2.11 bits per heavy atom. The van der Waals surface area contributed by atoms with E-state index in [1.165, 1.54) is 19.9 Å². The molecule has 1 fully saturated rings. The van der Waals surface area contributed by atoms with E-state index >= 15 is 0 Å². The SMILES string of the molecule is CC(=O)c1cccc(C(=O)N(C(=O)[C@@H]2CCCN2)c2cccc(C(C)=O)c2)c1. The molecule has 0 bridgehead atoms. The zero-order valence-corrected chi connectivity index (χ0v) is 15.9. The van der Waals surface area contributed by atoms with Crippen molar-refractivity contribution < 1.29 is 19.2 Å². The van der Waals surface area contributed by atoms with Crippen LogP contribution in [0.3, 0.4) is 0 Å². The van der Waals surface area contributed by atoms with Crippen LogP contribution in [0.4, 0.5) is 5.69 Å². The number of amides is 2. The molecule has 2 aromatic rings. The predicted molar refractivity (Wildman–Crippen MR) is 106 cm³/mol. The van der Waals surface area contributed by atoms with Gasteiger partial charge in [-0.05, 0) is 57.5 Å². The molecular formula is C22H22N2O4. The first-order valence-electron chi connectivity index (χ1n) is 9.22. The molecule has 1 saturated heterocycles. The predicted octanol–water partition coefficient (Wildman–Crippen LogP) is 3.02. The maximum absolute atomic E-state index is 13.3. The molecule has 0 radical (unpaired) electrons. The number of hydrogen-bond donors (Lipinski definition) is 1. The Bertz CT molecular complexity index is 945. The number of carbonyl (C=O) groups excluding carboxylic acids is 4. The largest absolute Gasteiger partial charge is 0.306 e. The van der Waals surface area contributed by atoms with Gasteiger partial charge in [0.25, 0.3) is 11.8 Å². The maximum Gasteiger partial charge on any atom is 0.265 e. The van der Waals surface area contributed by atoms with E-state index in [0.29, 0.717) is 29.8 Å². The number of ketones is 2. The fourth-order valence-corrected chi connectivity index (χ4v) is 3.26. The number of benzene rings is 2. The monoisotopic (exact) mass is 378 g/mol. The van der Waals surface area contributed by atoms with Crippen LogP contribution < -0.4 is 10.2 Å². The van der Waals surface area contributed by atoms with E-state index in [4.69, 9.17) is 0 Å². The summed E-state index contributed by atoms with van der Waals surface area (Å²) < 4.78 is 0. The van der Waals surface area contributed by atoms with E-state index in [9.17, 15) is 19.2 Å². The van der Waals surface area contributed by atoms with Crippen LogP contribution in [-0.4, -0.2) is 36.0 Å². The minimum Gasteiger partial charge on any atom is -0.306 e. The zero-order valence-electron chi connectivity index (χ0n) is 15.9. The molecule has 2 aromatic carbocycles. The average Bonchev–Trinajstić information content (AvgIpc) is 3.23. The van der Waals surface area contributed by atoms with E-state index in [1.807, 2.05) is 0 Å². The zero-order chi connectivity index (χ0) is 20.3. The second kappa shape index (κ2) is 8.27. The Kier molecular flexibility index (Phi) is 5.80. The van der Waals surface area contributed by atoms with Gasteiger partial charge in [0.15, 0.2) is 11.6 Å². The highest BCUT2D eigenvalue weighted by Crippen LogP contribution is 2.23. The van der Waals surface area contributed by atoms with Crippen molar-refractivity contribution in [1.29, 1.82) is 0 Å². The minimum absolute atomic E-state index is 0.153. The second-order valence-corrected chi connectivity index (χ2v) is 6.87. The van der Waals surface area contributed by atoms with Crippen LogP contribution in [0.1, 0.15) is 57.8 Å². The van der Waals surface area contributed by atoms with Crippen molar-refractivity contribution >= 4 is 29.1 Å². The smallest absolute Gasteiger partial charge is 0.265 e. The lowest BCUT2D eigenvalue weighted by atomic mass is 10.0. The first kappa shape index (κ1) is 19.6. The third-order valence-corrected chi connectivity index (χ3v) is 4.81. The molecule has 3 rings (SSSR count). The Morgan fingerprint density at radius 1 is 0.893 bits per heavy atom. The minimum atomic E-state index is -0.525. The Hall–Kier alpha value is -3.12. The maximum atomic E-state index is 13.3. The summed E-state index contributed by atoms with van der Waals surface area (Å²) in [5.41, 5.74) is 1.39. The summed E-state index contributed by atoms with van der Waals surface area (Å²) in [6.45, 7) is 3.57. The number of anilines is 1. The number of imide groups is 1. The van der Waals surface area contributed by atoms with Gasteiger partial charge in [0.1, 0.15) is 0 Å². The molecule has 28 heavy (non-hydrogen) atoms. The quantitative estimate of drug-likeness (QED) is 0.639. The highest BCUT2D eigenvalue weighted by molar-refractivity contribution is 6.23. The summed E-state index contributed by atoms with van der Waals surface area (Å²) in [5, 5.41) is 3.12. The van der Waals surface area contributed by atoms with E-state index in [-0.39, 0.29) is 23.0 Å². The van der Waals surface area contributed by atoms with Gasteiger partial charge >= 0.3 is 0 Å². The number of hydrogen-bond acceptors (Lipinski definition) is 5. The third-order valence-electron chi connectivity index (χ3n) is 4.81. The Morgan fingerprint density at radius 2 is 1.50 bits per heavy atom. The summed E-state index contributed by atoms with van der Waals surface area (Å²) in [6.07, 6.45) is 1.49. The van der Waals surface area contributed by atoms with Gasteiger partial charge in [0.05, 0.1) is 11.7 Å². The van der Waals surface area contributed by atoms with Crippen LogP contribution in [0.25, 0.3) is 0 Å². The van der Waals surface area contributed by atoms with E-state index < -0.39 is 11.9 Å². The van der Waals surface area contributed by atoms with Gasteiger partial charge in [0.2, 0.25) is 0 Å². The molecule has 1 atom stereocenters.